The molecule has 3 rings (SSSR count). The van der Waals surface area contributed by atoms with E-state index in [-0.39, 0.29) is 29.8 Å². The van der Waals surface area contributed by atoms with Crippen LogP contribution >= 0.6 is 24.0 Å². The van der Waals surface area contributed by atoms with E-state index in [1.165, 1.54) is 6.07 Å². The molecule has 1 heterocycles. The molecule has 0 spiro atoms. The fourth-order valence-electron chi connectivity index (χ4n) is 2.51. The first-order valence-electron chi connectivity index (χ1n) is 8.44. The highest BCUT2D eigenvalue weighted by Gasteiger charge is 2.07. The van der Waals surface area contributed by atoms with Crippen LogP contribution in [0.4, 0.5) is 4.39 Å². The monoisotopic (exact) mass is 480 g/mol. The molecule has 0 aliphatic rings. The van der Waals surface area contributed by atoms with E-state index in [0.29, 0.717) is 36.9 Å². The molecule has 3 aromatic rings. The minimum Gasteiger partial charge on any atom is -0.444 e. The summed E-state index contributed by atoms with van der Waals surface area (Å²) in [4.78, 5) is 8.63. The van der Waals surface area contributed by atoms with Crippen LogP contribution in [-0.4, -0.2) is 24.5 Å². The van der Waals surface area contributed by atoms with Crippen LogP contribution in [-0.2, 0) is 13.0 Å². The van der Waals surface area contributed by atoms with Crippen LogP contribution in [0.15, 0.2) is 70.3 Å². The number of nitrogens with one attached hydrogen (secondary N) is 2. The molecule has 0 fully saturated rings. The Hall–Kier alpha value is -2.42. The van der Waals surface area contributed by atoms with Crippen molar-refractivity contribution in [3.8, 4) is 11.5 Å². The molecular weight excluding hydrogens is 458 g/mol. The van der Waals surface area contributed by atoms with Crippen LogP contribution < -0.4 is 10.6 Å². The lowest BCUT2D eigenvalue weighted by Gasteiger charge is -2.11. The van der Waals surface area contributed by atoms with E-state index < -0.39 is 0 Å². The Bertz CT molecular complexity index is 867. The highest BCUT2D eigenvalue weighted by atomic mass is 127. The molecule has 0 aliphatic carbocycles. The summed E-state index contributed by atoms with van der Waals surface area (Å²) in [6.45, 7) is 1.06. The van der Waals surface area contributed by atoms with Crippen LogP contribution in [0.5, 0.6) is 0 Å². The average Bonchev–Trinajstić information content (AvgIpc) is 3.16. The summed E-state index contributed by atoms with van der Waals surface area (Å²) in [6.07, 6.45) is 2.21. The molecule has 0 saturated heterocycles. The molecule has 1 aromatic heterocycles. The van der Waals surface area contributed by atoms with Crippen LogP contribution in [0.1, 0.15) is 11.3 Å². The number of rotatable bonds is 6. The molecule has 0 amide bonds. The van der Waals surface area contributed by atoms with Crippen molar-refractivity contribution < 1.29 is 8.81 Å². The second-order valence-corrected chi connectivity index (χ2v) is 5.70. The topological polar surface area (TPSA) is 62.5 Å². The number of aromatic nitrogens is 1. The Morgan fingerprint density at radius 3 is 2.56 bits per heavy atom. The van der Waals surface area contributed by atoms with Gasteiger partial charge in [-0.2, -0.15) is 0 Å². The van der Waals surface area contributed by atoms with Crippen LogP contribution in [0.3, 0.4) is 0 Å². The minimum absolute atomic E-state index is 0. The lowest BCUT2D eigenvalue weighted by atomic mass is 10.1. The molecule has 0 atom stereocenters. The van der Waals surface area contributed by atoms with Crippen molar-refractivity contribution in [1.29, 1.82) is 0 Å². The number of guanidine groups is 1. The van der Waals surface area contributed by atoms with Crippen molar-refractivity contribution >= 4 is 29.9 Å². The average molecular weight is 480 g/mol. The van der Waals surface area contributed by atoms with Gasteiger partial charge in [0.05, 0.1) is 12.2 Å². The smallest absolute Gasteiger partial charge is 0.226 e. The van der Waals surface area contributed by atoms with Crippen molar-refractivity contribution in [2.75, 3.05) is 13.6 Å². The number of nitrogens with zero attached hydrogens (tertiary/aromatic N) is 2. The van der Waals surface area contributed by atoms with E-state index in [4.69, 9.17) is 4.42 Å². The first-order chi connectivity index (χ1) is 12.8. The van der Waals surface area contributed by atoms with Gasteiger partial charge >= 0.3 is 0 Å². The molecule has 7 heteroatoms. The third kappa shape index (κ3) is 6.06. The second-order valence-electron chi connectivity index (χ2n) is 5.70. The fourth-order valence-corrected chi connectivity index (χ4v) is 2.51. The molecule has 2 aromatic carbocycles. The number of oxazole rings is 1. The molecule has 0 aliphatic heterocycles. The zero-order chi connectivity index (χ0) is 18.2. The zero-order valence-corrected chi connectivity index (χ0v) is 17.3. The third-order valence-corrected chi connectivity index (χ3v) is 3.88. The van der Waals surface area contributed by atoms with Crippen molar-refractivity contribution in [3.63, 3.8) is 0 Å². The van der Waals surface area contributed by atoms with Gasteiger partial charge in [-0.3, -0.25) is 4.99 Å². The Morgan fingerprint density at radius 2 is 1.81 bits per heavy atom. The molecule has 0 radical (unpaired) electrons. The summed E-state index contributed by atoms with van der Waals surface area (Å²) >= 11 is 0. The molecule has 0 bridgehead atoms. The molecule has 0 unspecified atom stereocenters. The van der Waals surface area contributed by atoms with E-state index >= 15 is 0 Å². The Balaban J connectivity index is 0.00000261. The van der Waals surface area contributed by atoms with Gasteiger partial charge in [-0.25, -0.2) is 9.37 Å². The number of hydrogen-bond donors (Lipinski definition) is 2. The standard InChI is InChI=1S/C20H21FN4O.HI/c1-22-20(23-12-11-15-7-5-6-10-18(15)21)24-13-17-14-26-19(25-17)16-8-3-2-4-9-16;/h2-10,14H,11-13H2,1H3,(H2,22,23,24);1H. The van der Waals surface area contributed by atoms with Crippen molar-refractivity contribution in [1.82, 2.24) is 15.6 Å². The Kier molecular flexibility index (Phi) is 8.25. The maximum Gasteiger partial charge on any atom is 0.226 e. The maximum atomic E-state index is 13.6. The summed E-state index contributed by atoms with van der Waals surface area (Å²) in [5.74, 6) is 1.03. The first-order valence-corrected chi connectivity index (χ1v) is 8.44. The van der Waals surface area contributed by atoms with E-state index in [1.807, 2.05) is 36.4 Å². The zero-order valence-electron chi connectivity index (χ0n) is 15.0. The number of hydrogen-bond acceptors (Lipinski definition) is 3. The normalized spacial score (nSPS) is 11.0. The van der Waals surface area contributed by atoms with Crippen LogP contribution in [0.2, 0.25) is 0 Å². The molecule has 142 valence electrons. The quantitative estimate of drug-likeness (QED) is 0.318. The van der Waals surface area contributed by atoms with Gasteiger partial charge in [-0.05, 0) is 30.2 Å². The largest absolute Gasteiger partial charge is 0.444 e. The first kappa shape index (κ1) is 20.9. The SMILES string of the molecule is CN=C(NCCc1ccccc1F)NCc1coc(-c2ccccc2)n1.I. The van der Waals surface area contributed by atoms with Gasteiger partial charge in [0.1, 0.15) is 12.1 Å². The van der Waals surface area contributed by atoms with Crippen molar-refractivity contribution in [2.45, 2.75) is 13.0 Å². The second kappa shape index (κ2) is 10.7. The predicted molar refractivity (Wildman–Crippen MR) is 116 cm³/mol. The van der Waals surface area contributed by atoms with E-state index in [2.05, 4.69) is 20.6 Å². The van der Waals surface area contributed by atoms with Crippen LogP contribution in [0, 0.1) is 5.82 Å². The minimum atomic E-state index is -0.187. The van der Waals surface area contributed by atoms with E-state index in [1.54, 1.807) is 25.4 Å². The number of aliphatic imine (C=N–C) groups is 1. The molecule has 5 nitrogen and oxygen atoms in total. The predicted octanol–water partition coefficient (Wildman–Crippen LogP) is 4.01. The van der Waals surface area contributed by atoms with E-state index in [0.717, 1.165) is 11.3 Å². The van der Waals surface area contributed by atoms with Crippen molar-refractivity contribution in [2.24, 2.45) is 4.99 Å². The van der Waals surface area contributed by atoms with Crippen LogP contribution in [0.25, 0.3) is 11.5 Å². The van der Waals surface area contributed by atoms with Gasteiger partial charge in [0.2, 0.25) is 5.89 Å². The summed E-state index contributed by atoms with van der Waals surface area (Å²) in [6, 6.07) is 16.5. The molecule has 2 N–H and O–H groups in total. The number of halogens is 2. The maximum absolute atomic E-state index is 13.6. The van der Waals surface area contributed by atoms with Crippen molar-refractivity contribution in [3.05, 3.63) is 77.9 Å². The lowest BCUT2D eigenvalue weighted by Crippen LogP contribution is -2.38. The summed E-state index contributed by atoms with van der Waals surface area (Å²) in [7, 11) is 1.69. The Labute approximate surface area is 175 Å². The third-order valence-electron chi connectivity index (χ3n) is 3.88. The summed E-state index contributed by atoms with van der Waals surface area (Å²) in [5.41, 5.74) is 2.39. The molecular formula is C20H22FIN4O. The summed E-state index contributed by atoms with van der Waals surface area (Å²) < 4.78 is 19.1. The highest BCUT2D eigenvalue weighted by Crippen LogP contribution is 2.17. The van der Waals surface area contributed by atoms with Gasteiger partial charge in [0.15, 0.2) is 5.96 Å². The van der Waals surface area contributed by atoms with E-state index in [9.17, 15) is 4.39 Å². The fraction of sp³-hybridized carbons (Fsp3) is 0.200. The summed E-state index contributed by atoms with van der Waals surface area (Å²) in [5, 5.41) is 6.34. The van der Waals surface area contributed by atoms with Gasteiger partial charge in [0, 0.05) is 19.2 Å². The molecule has 0 saturated carbocycles. The van der Waals surface area contributed by atoms with Gasteiger partial charge in [-0.15, -0.1) is 24.0 Å². The Morgan fingerprint density at radius 1 is 1.07 bits per heavy atom. The van der Waals surface area contributed by atoms with Gasteiger partial charge in [-0.1, -0.05) is 36.4 Å². The molecule has 27 heavy (non-hydrogen) atoms. The highest BCUT2D eigenvalue weighted by molar-refractivity contribution is 14.0. The van der Waals surface area contributed by atoms with Gasteiger partial charge < -0.3 is 15.1 Å². The number of benzene rings is 2. The lowest BCUT2D eigenvalue weighted by molar-refractivity contribution is 0.572. The van der Waals surface area contributed by atoms with Gasteiger partial charge in [0.25, 0.3) is 0 Å².